The number of ether oxygens (including phenoxy) is 2. The molecule has 92 valence electrons. The Morgan fingerprint density at radius 2 is 1.87 bits per heavy atom. The van der Waals surface area contributed by atoms with Crippen LogP contribution in [0.1, 0.15) is 40.0 Å². The minimum Gasteiger partial charge on any atom is -0.380 e. The lowest BCUT2D eigenvalue weighted by molar-refractivity contribution is 0.0194. The van der Waals surface area contributed by atoms with Gasteiger partial charge in [-0.25, -0.2) is 0 Å². The smallest absolute Gasteiger partial charge is 0.0746 e. The molecule has 0 rings (SSSR count). The largest absolute Gasteiger partial charge is 0.380 e. The van der Waals surface area contributed by atoms with Crippen molar-refractivity contribution in [2.45, 2.75) is 52.2 Å². The third-order valence-corrected chi connectivity index (χ3v) is 2.48. The van der Waals surface area contributed by atoms with Crippen molar-refractivity contribution < 1.29 is 9.47 Å². The van der Waals surface area contributed by atoms with E-state index in [0.717, 1.165) is 39.0 Å². The summed E-state index contributed by atoms with van der Waals surface area (Å²) in [4.78, 5) is 0. The predicted octanol–water partition coefficient (Wildman–Crippen LogP) is 2.21. The summed E-state index contributed by atoms with van der Waals surface area (Å²) in [6.45, 7) is 8.93. The average molecular weight is 217 g/mol. The fourth-order valence-corrected chi connectivity index (χ4v) is 1.64. The molecule has 0 amide bonds. The molecule has 0 aliphatic carbocycles. The van der Waals surface area contributed by atoms with Crippen LogP contribution in [0.5, 0.6) is 0 Å². The monoisotopic (exact) mass is 217 g/mol. The third-order valence-electron chi connectivity index (χ3n) is 2.48. The second-order valence-corrected chi connectivity index (χ2v) is 3.78. The summed E-state index contributed by atoms with van der Waals surface area (Å²) in [5, 5.41) is 3.49. The van der Waals surface area contributed by atoms with Crippen LogP contribution in [0.4, 0.5) is 0 Å². The highest BCUT2D eigenvalue weighted by molar-refractivity contribution is 4.76. The summed E-state index contributed by atoms with van der Waals surface area (Å²) in [6.07, 6.45) is 3.65. The van der Waals surface area contributed by atoms with Gasteiger partial charge >= 0.3 is 0 Å². The summed E-state index contributed by atoms with van der Waals surface area (Å²) in [7, 11) is 1.78. The van der Waals surface area contributed by atoms with Gasteiger partial charge in [0.05, 0.1) is 18.8 Å². The first kappa shape index (κ1) is 14.9. The van der Waals surface area contributed by atoms with Gasteiger partial charge in [0.25, 0.3) is 0 Å². The molecule has 0 aliphatic heterocycles. The van der Waals surface area contributed by atoms with E-state index >= 15 is 0 Å². The maximum atomic E-state index is 5.50. The second-order valence-electron chi connectivity index (χ2n) is 3.78. The molecule has 0 aromatic heterocycles. The van der Waals surface area contributed by atoms with Crippen molar-refractivity contribution in [1.82, 2.24) is 5.32 Å². The first-order chi connectivity index (χ1) is 7.29. The summed E-state index contributed by atoms with van der Waals surface area (Å²) in [6, 6.07) is 0.329. The number of methoxy groups -OCH3 is 1. The molecular formula is C12H27NO2. The molecule has 15 heavy (non-hydrogen) atoms. The summed E-state index contributed by atoms with van der Waals surface area (Å²) < 4.78 is 11.0. The molecule has 0 fully saturated rings. The van der Waals surface area contributed by atoms with Crippen molar-refractivity contribution in [3.8, 4) is 0 Å². The van der Waals surface area contributed by atoms with Crippen molar-refractivity contribution >= 4 is 0 Å². The van der Waals surface area contributed by atoms with Gasteiger partial charge in [0.2, 0.25) is 0 Å². The van der Waals surface area contributed by atoms with Crippen molar-refractivity contribution in [2.75, 3.05) is 26.9 Å². The molecule has 0 saturated heterocycles. The molecule has 3 nitrogen and oxygen atoms in total. The summed E-state index contributed by atoms with van der Waals surface area (Å²) in [5.41, 5.74) is 0. The van der Waals surface area contributed by atoms with E-state index < -0.39 is 0 Å². The Hall–Kier alpha value is -0.120. The van der Waals surface area contributed by atoms with Crippen LogP contribution in [-0.2, 0) is 9.47 Å². The highest BCUT2D eigenvalue weighted by atomic mass is 16.5. The molecule has 2 unspecified atom stereocenters. The lowest BCUT2D eigenvalue weighted by Crippen LogP contribution is -2.44. The van der Waals surface area contributed by atoms with Gasteiger partial charge < -0.3 is 14.8 Å². The molecule has 0 aromatic carbocycles. The fourth-order valence-electron chi connectivity index (χ4n) is 1.64. The Morgan fingerprint density at radius 3 is 2.33 bits per heavy atom. The topological polar surface area (TPSA) is 30.5 Å². The molecule has 0 spiro atoms. The molecule has 0 bridgehead atoms. The van der Waals surface area contributed by atoms with Crippen LogP contribution in [0.3, 0.4) is 0 Å². The molecule has 1 N–H and O–H groups in total. The van der Waals surface area contributed by atoms with Crippen LogP contribution in [0.15, 0.2) is 0 Å². The molecule has 3 heteroatoms. The van der Waals surface area contributed by atoms with Crippen molar-refractivity contribution in [1.29, 1.82) is 0 Å². The maximum Gasteiger partial charge on any atom is 0.0746 e. The van der Waals surface area contributed by atoms with Crippen molar-refractivity contribution in [2.24, 2.45) is 0 Å². The van der Waals surface area contributed by atoms with E-state index in [9.17, 15) is 0 Å². The summed E-state index contributed by atoms with van der Waals surface area (Å²) in [5.74, 6) is 0. The van der Waals surface area contributed by atoms with Gasteiger partial charge in [0.1, 0.15) is 0 Å². The Balaban J connectivity index is 4.02. The van der Waals surface area contributed by atoms with E-state index in [4.69, 9.17) is 9.47 Å². The van der Waals surface area contributed by atoms with E-state index in [-0.39, 0.29) is 6.10 Å². The molecular weight excluding hydrogens is 190 g/mol. The van der Waals surface area contributed by atoms with E-state index in [1.54, 1.807) is 7.11 Å². The Morgan fingerprint density at radius 1 is 1.13 bits per heavy atom. The molecule has 0 heterocycles. The van der Waals surface area contributed by atoms with Crippen LogP contribution in [-0.4, -0.2) is 39.0 Å². The number of hydrogen-bond acceptors (Lipinski definition) is 3. The van der Waals surface area contributed by atoms with Crippen LogP contribution < -0.4 is 5.32 Å². The van der Waals surface area contributed by atoms with E-state index in [0.29, 0.717) is 6.04 Å². The zero-order valence-corrected chi connectivity index (χ0v) is 10.7. The predicted molar refractivity (Wildman–Crippen MR) is 64.3 cm³/mol. The lowest BCUT2D eigenvalue weighted by Gasteiger charge is -2.26. The third kappa shape index (κ3) is 6.88. The van der Waals surface area contributed by atoms with Crippen molar-refractivity contribution in [3.63, 3.8) is 0 Å². The minimum absolute atomic E-state index is 0.271. The normalized spacial score (nSPS) is 15.2. The fraction of sp³-hybridized carbons (Fsp3) is 1.00. The van der Waals surface area contributed by atoms with Gasteiger partial charge in [-0.3, -0.25) is 0 Å². The maximum absolute atomic E-state index is 5.50. The van der Waals surface area contributed by atoms with Crippen LogP contribution in [0.2, 0.25) is 0 Å². The van der Waals surface area contributed by atoms with E-state index in [2.05, 4.69) is 19.2 Å². The average Bonchev–Trinajstić information content (AvgIpc) is 2.27. The van der Waals surface area contributed by atoms with Gasteiger partial charge in [-0.15, -0.1) is 0 Å². The van der Waals surface area contributed by atoms with Gasteiger partial charge in [-0.1, -0.05) is 20.3 Å². The van der Waals surface area contributed by atoms with Gasteiger partial charge in [0.15, 0.2) is 0 Å². The van der Waals surface area contributed by atoms with Crippen LogP contribution in [0, 0.1) is 0 Å². The number of hydrogen-bond donors (Lipinski definition) is 1. The standard InChI is InChI=1S/C12H27NO2/c1-5-8-12(14-4)11(10-15-7-3)13-9-6-2/h11-13H,5-10H2,1-4H3. The molecule has 0 saturated carbocycles. The van der Waals surface area contributed by atoms with Gasteiger partial charge in [-0.05, 0) is 26.3 Å². The lowest BCUT2D eigenvalue weighted by atomic mass is 10.1. The molecule has 2 atom stereocenters. The van der Waals surface area contributed by atoms with Gasteiger partial charge in [-0.2, -0.15) is 0 Å². The first-order valence-corrected chi connectivity index (χ1v) is 6.13. The quantitative estimate of drug-likeness (QED) is 0.608. The molecule has 0 radical (unpaired) electrons. The van der Waals surface area contributed by atoms with E-state index in [1.165, 1.54) is 0 Å². The van der Waals surface area contributed by atoms with Crippen LogP contribution >= 0.6 is 0 Å². The van der Waals surface area contributed by atoms with Crippen molar-refractivity contribution in [3.05, 3.63) is 0 Å². The zero-order chi connectivity index (χ0) is 11.5. The number of rotatable bonds is 10. The Kier molecular flexibility index (Phi) is 10.3. The minimum atomic E-state index is 0.271. The SMILES string of the molecule is CCCNC(COCC)C(CCC)OC. The van der Waals surface area contributed by atoms with Gasteiger partial charge in [0, 0.05) is 13.7 Å². The number of nitrogens with one attached hydrogen (secondary N) is 1. The Bertz CT molecular complexity index is 123. The zero-order valence-electron chi connectivity index (χ0n) is 10.7. The highest BCUT2D eigenvalue weighted by Gasteiger charge is 2.19. The summed E-state index contributed by atoms with van der Waals surface area (Å²) >= 11 is 0. The second kappa shape index (κ2) is 10.4. The molecule has 0 aliphatic rings. The van der Waals surface area contributed by atoms with E-state index in [1.807, 2.05) is 6.92 Å². The van der Waals surface area contributed by atoms with Crippen LogP contribution in [0.25, 0.3) is 0 Å². The first-order valence-electron chi connectivity index (χ1n) is 6.13. The highest BCUT2D eigenvalue weighted by Crippen LogP contribution is 2.07. The molecule has 0 aromatic rings. The Labute approximate surface area is 94.5 Å².